The van der Waals surface area contributed by atoms with E-state index in [-0.39, 0.29) is 0 Å². The summed E-state index contributed by atoms with van der Waals surface area (Å²) in [5.41, 5.74) is 8.91. The molecule has 2 rings (SSSR count). The number of hydrogen-bond acceptors (Lipinski definition) is 3. The predicted molar refractivity (Wildman–Crippen MR) is 56.2 cm³/mol. The van der Waals surface area contributed by atoms with Crippen molar-refractivity contribution in [3.63, 3.8) is 0 Å². The molecule has 1 heterocycles. The Morgan fingerprint density at radius 1 is 1.69 bits per heavy atom. The summed E-state index contributed by atoms with van der Waals surface area (Å²) in [5.74, 6) is 1.38. The molecule has 0 aromatic carbocycles. The molecule has 1 aliphatic carbocycles. The molecule has 0 bridgehead atoms. The maximum Gasteiger partial charge on any atom is 0.0797 e. The van der Waals surface area contributed by atoms with Gasteiger partial charge < -0.3 is 5.73 Å². The maximum absolute atomic E-state index is 5.56. The van der Waals surface area contributed by atoms with Crippen molar-refractivity contribution < 1.29 is 0 Å². The van der Waals surface area contributed by atoms with Crippen molar-refractivity contribution in [1.29, 1.82) is 0 Å². The third-order valence-corrected chi connectivity index (χ3v) is 3.71. The molecule has 0 aliphatic heterocycles. The summed E-state index contributed by atoms with van der Waals surface area (Å²) in [4.78, 5) is 5.94. The second-order valence-corrected chi connectivity index (χ2v) is 4.74. The topological polar surface area (TPSA) is 38.9 Å². The minimum atomic E-state index is 0.605. The Hall–Kier alpha value is -0.410. The minimum Gasteiger partial charge on any atom is -0.330 e. The Morgan fingerprint density at radius 3 is 3.08 bits per heavy atom. The molecule has 1 aromatic heterocycles. The van der Waals surface area contributed by atoms with Crippen molar-refractivity contribution in [3.05, 3.63) is 16.1 Å². The summed E-state index contributed by atoms with van der Waals surface area (Å²) < 4.78 is 0. The van der Waals surface area contributed by atoms with Gasteiger partial charge in [0.05, 0.1) is 11.2 Å². The van der Waals surface area contributed by atoms with E-state index in [9.17, 15) is 0 Å². The molecule has 72 valence electrons. The average Bonchev–Trinajstić information content (AvgIpc) is 2.84. The number of nitrogens with zero attached hydrogens (tertiary/aromatic N) is 1. The van der Waals surface area contributed by atoms with Crippen LogP contribution < -0.4 is 5.73 Å². The van der Waals surface area contributed by atoms with E-state index < -0.39 is 0 Å². The first-order valence-electron chi connectivity index (χ1n) is 4.96. The van der Waals surface area contributed by atoms with Crippen LogP contribution in [0.25, 0.3) is 0 Å². The summed E-state index contributed by atoms with van der Waals surface area (Å²) >= 11 is 1.80. The SMILES string of the molecule is CC(CCN)c1scnc1C1CC1. The molecular formula is C10H16N2S. The van der Waals surface area contributed by atoms with Crippen LogP contribution in [0.1, 0.15) is 48.6 Å². The van der Waals surface area contributed by atoms with Gasteiger partial charge in [-0.05, 0) is 31.7 Å². The molecule has 3 heteroatoms. The van der Waals surface area contributed by atoms with Crippen LogP contribution in [0.4, 0.5) is 0 Å². The Labute approximate surface area is 83.2 Å². The normalized spacial score (nSPS) is 18.9. The fourth-order valence-electron chi connectivity index (χ4n) is 1.68. The first-order valence-corrected chi connectivity index (χ1v) is 5.84. The van der Waals surface area contributed by atoms with Gasteiger partial charge in [0, 0.05) is 10.8 Å². The molecule has 1 atom stereocenters. The molecule has 1 aliphatic rings. The monoisotopic (exact) mass is 196 g/mol. The summed E-state index contributed by atoms with van der Waals surface area (Å²) in [5, 5.41) is 0. The lowest BCUT2D eigenvalue weighted by Gasteiger charge is -2.08. The minimum absolute atomic E-state index is 0.605. The van der Waals surface area contributed by atoms with Crippen molar-refractivity contribution in [2.24, 2.45) is 5.73 Å². The molecule has 1 unspecified atom stereocenters. The third-order valence-electron chi connectivity index (χ3n) is 2.64. The Morgan fingerprint density at radius 2 is 2.46 bits per heavy atom. The molecule has 1 aromatic rings. The summed E-state index contributed by atoms with van der Waals surface area (Å²) in [6.07, 6.45) is 3.76. The molecule has 0 radical (unpaired) electrons. The van der Waals surface area contributed by atoms with Crippen molar-refractivity contribution >= 4 is 11.3 Å². The van der Waals surface area contributed by atoms with E-state index in [1.165, 1.54) is 23.4 Å². The largest absolute Gasteiger partial charge is 0.330 e. The summed E-state index contributed by atoms with van der Waals surface area (Å²) in [7, 11) is 0. The van der Waals surface area contributed by atoms with Crippen molar-refractivity contribution in [2.45, 2.75) is 38.0 Å². The first-order chi connectivity index (χ1) is 6.33. The summed E-state index contributed by atoms with van der Waals surface area (Å²) in [6, 6.07) is 0. The van der Waals surface area contributed by atoms with Crippen LogP contribution in [0.5, 0.6) is 0 Å². The van der Waals surface area contributed by atoms with Crippen LogP contribution in [0, 0.1) is 0 Å². The number of aromatic nitrogens is 1. The van der Waals surface area contributed by atoms with Gasteiger partial charge in [0.1, 0.15) is 0 Å². The smallest absolute Gasteiger partial charge is 0.0797 e. The zero-order chi connectivity index (χ0) is 9.26. The fourth-order valence-corrected chi connectivity index (χ4v) is 2.65. The van der Waals surface area contributed by atoms with Gasteiger partial charge in [0.25, 0.3) is 0 Å². The lowest BCUT2D eigenvalue weighted by molar-refractivity contribution is 0.691. The van der Waals surface area contributed by atoms with Crippen LogP contribution >= 0.6 is 11.3 Å². The van der Waals surface area contributed by atoms with Gasteiger partial charge in [-0.2, -0.15) is 0 Å². The third kappa shape index (κ3) is 1.92. The van der Waals surface area contributed by atoms with Crippen molar-refractivity contribution in [3.8, 4) is 0 Å². The molecule has 2 N–H and O–H groups in total. The average molecular weight is 196 g/mol. The van der Waals surface area contributed by atoms with Gasteiger partial charge in [-0.1, -0.05) is 6.92 Å². The van der Waals surface area contributed by atoms with E-state index in [1.54, 1.807) is 11.3 Å². The molecule has 13 heavy (non-hydrogen) atoms. The highest BCUT2D eigenvalue weighted by atomic mass is 32.1. The van der Waals surface area contributed by atoms with Crippen molar-refractivity contribution in [2.75, 3.05) is 6.54 Å². The van der Waals surface area contributed by atoms with Gasteiger partial charge in [0.2, 0.25) is 0 Å². The van der Waals surface area contributed by atoms with Gasteiger partial charge in [-0.3, -0.25) is 0 Å². The molecule has 1 saturated carbocycles. The van der Waals surface area contributed by atoms with E-state index in [4.69, 9.17) is 5.73 Å². The molecule has 2 nitrogen and oxygen atoms in total. The Kier molecular flexibility index (Phi) is 2.65. The summed E-state index contributed by atoms with van der Waals surface area (Å²) in [6.45, 7) is 3.04. The van der Waals surface area contributed by atoms with Crippen LogP contribution in [-0.4, -0.2) is 11.5 Å². The molecule has 0 amide bonds. The quantitative estimate of drug-likeness (QED) is 0.803. The van der Waals surface area contributed by atoms with Crippen LogP contribution in [0.3, 0.4) is 0 Å². The maximum atomic E-state index is 5.56. The first kappa shape index (κ1) is 9.16. The van der Waals surface area contributed by atoms with Gasteiger partial charge in [-0.25, -0.2) is 4.98 Å². The van der Waals surface area contributed by atoms with Gasteiger partial charge in [-0.15, -0.1) is 11.3 Å². The van der Waals surface area contributed by atoms with E-state index in [1.807, 2.05) is 5.51 Å². The number of nitrogens with two attached hydrogens (primary N) is 1. The zero-order valence-electron chi connectivity index (χ0n) is 7.99. The van der Waals surface area contributed by atoms with Gasteiger partial charge >= 0.3 is 0 Å². The van der Waals surface area contributed by atoms with Crippen LogP contribution in [0.2, 0.25) is 0 Å². The number of thiazole rings is 1. The van der Waals surface area contributed by atoms with Crippen molar-refractivity contribution in [1.82, 2.24) is 4.98 Å². The fraction of sp³-hybridized carbons (Fsp3) is 0.700. The van der Waals surface area contributed by atoms with Crippen LogP contribution in [0.15, 0.2) is 5.51 Å². The second-order valence-electron chi connectivity index (χ2n) is 3.85. The van der Waals surface area contributed by atoms with E-state index in [2.05, 4.69) is 11.9 Å². The van der Waals surface area contributed by atoms with Crippen LogP contribution in [-0.2, 0) is 0 Å². The van der Waals surface area contributed by atoms with Gasteiger partial charge in [0.15, 0.2) is 0 Å². The number of rotatable bonds is 4. The standard InChI is InChI=1S/C10H16N2S/c1-7(4-5-11)10-9(8-2-3-8)12-6-13-10/h6-8H,2-5,11H2,1H3. The van der Waals surface area contributed by atoms with E-state index in [0.717, 1.165) is 18.9 Å². The highest BCUT2D eigenvalue weighted by Gasteiger charge is 2.29. The van der Waals surface area contributed by atoms with E-state index >= 15 is 0 Å². The Bertz CT molecular complexity index is 278. The molecule has 0 spiro atoms. The highest BCUT2D eigenvalue weighted by molar-refractivity contribution is 7.09. The van der Waals surface area contributed by atoms with E-state index in [0.29, 0.717) is 5.92 Å². The highest BCUT2D eigenvalue weighted by Crippen LogP contribution is 2.44. The number of hydrogen-bond donors (Lipinski definition) is 1. The zero-order valence-corrected chi connectivity index (χ0v) is 8.81. The second kappa shape index (κ2) is 3.76. The predicted octanol–water partition coefficient (Wildman–Crippen LogP) is 2.47. The Balaban J connectivity index is 2.13. The molecule has 1 fully saturated rings. The molecular weight excluding hydrogens is 180 g/mol. The molecule has 0 saturated heterocycles. The lowest BCUT2D eigenvalue weighted by Crippen LogP contribution is -2.04. The lowest BCUT2D eigenvalue weighted by atomic mass is 10.0.